The zero-order chi connectivity index (χ0) is 11.3. The summed E-state index contributed by atoms with van der Waals surface area (Å²) in [6.07, 6.45) is 0. The van der Waals surface area contributed by atoms with Crippen LogP contribution in [0, 0.1) is 6.92 Å². The highest BCUT2D eigenvalue weighted by molar-refractivity contribution is 5.32. The first-order chi connectivity index (χ1) is 7.15. The molecule has 0 fully saturated rings. The van der Waals surface area contributed by atoms with Crippen LogP contribution in [0.15, 0.2) is 18.2 Å². The maximum absolute atomic E-state index is 5.20. The summed E-state index contributed by atoms with van der Waals surface area (Å²) in [6, 6.07) is 6.65. The molecule has 1 aromatic carbocycles. The van der Waals surface area contributed by atoms with Gasteiger partial charge in [-0.2, -0.15) is 0 Å². The first kappa shape index (κ1) is 12.2. The van der Waals surface area contributed by atoms with Crippen LogP contribution >= 0.6 is 0 Å². The maximum Gasteiger partial charge on any atom is 0.0590 e. The molecule has 0 aliphatic heterocycles. The molecule has 3 heteroatoms. The fourth-order valence-corrected chi connectivity index (χ4v) is 1.51. The van der Waals surface area contributed by atoms with Crippen molar-refractivity contribution in [1.29, 1.82) is 0 Å². The van der Waals surface area contributed by atoms with Crippen molar-refractivity contribution in [2.24, 2.45) is 5.84 Å². The molecule has 0 amide bonds. The average Bonchev–Trinajstić information content (AvgIpc) is 2.20. The van der Waals surface area contributed by atoms with Crippen molar-refractivity contribution in [3.05, 3.63) is 34.9 Å². The molecule has 0 saturated heterocycles. The molecule has 0 atom stereocenters. The van der Waals surface area contributed by atoms with Crippen molar-refractivity contribution in [2.75, 3.05) is 6.67 Å². The molecule has 0 radical (unpaired) electrons. The monoisotopic (exact) mass is 207 g/mol. The van der Waals surface area contributed by atoms with Gasteiger partial charge in [-0.1, -0.05) is 32.0 Å². The Labute approximate surface area is 92.0 Å². The third-order valence-electron chi connectivity index (χ3n) is 2.58. The van der Waals surface area contributed by atoms with Gasteiger partial charge < -0.3 is 0 Å². The Bertz CT molecular complexity index is 308. The molecule has 0 aliphatic rings. The van der Waals surface area contributed by atoms with Gasteiger partial charge in [0.25, 0.3) is 0 Å². The lowest BCUT2D eigenvalue weighted by Gasteiger charge is -2.11. The molecule has 3 nitrogen and oxygen atoms in total. The second-order valence-electron chi connectivity index (χ2n) is 4.15. The van der Waals surface area contributed by atoms with Crippen LogP contribution in [0.4, 0.5) is 0 Å². The minimum absolute atomic E-state index is 0.581. The molecule has 0 bridgehead atoms. The van der Waals surface area contributed by atoms with Crippen LogP contribution in [-0.4, -0.2) is 6.67 Å². The van der Waals surface area contributed by atoms with Crippen molar-refractivity contribution >= 4 is 0 Å². The molecule has 4 N–H and O–H groups in total. The number of nitrogens with one attached hydrogen (secondary N) is 2. The SMILES string of the molecule is Cc1ccc(C(C)C)cc1CNCNN. The number of hydrogen-bond donors (Lipinski definition) is 3. The second-order valence-corrected chi connectivity index (χ2v) is 4.15. The van der Waals surface area contributed by atoms with Crippen molar-refractivity contribution in [3.63, 3.8) is 0 Å². The minimum Gasteiger partial charge on any atom is -0.299 e. The largest absolute Gasteiger partial charge is 0.299 e. The van der Waals surface area contributed by atoms with Crippen LogP contribution in [-0.2, 0) is 6.54 Å². The van der Waals surface area contributed by atoms with E-state index in [0.29, 0.717) is 12.6 Å². The zero-order valence-electron chi connectivity index (χ0n) is 9.80. The van der Waals surface area contributed by atoms with Gasteiger partial charge in [0.1, 0.15) is 0 Å². The van der Waals surface area contributed by atoms with Crippen LogP contribution in [0.5, 0.6) is 0 Å². The number of rotatable bonds is 5. The zero-order valence-corrected chi connectivity index (χ0v) is 9.80. The summed E-state index contributed by atoms with van der Waals surface area (Å²) in [5, 5.41) is 3.22. The summed E-state index contributed by atoms with van der Waals surface area (Å²) >= 11 is 0. The predicted octanol–water partition coefficient (Wildman–Crippen LogP) is 1.63. The molecule has 0 unspecified atom stereocenters. The van der Waals surface area contributed by atoms with Gasteiger partial charge in [-0.25, -0.2) is 5.43 Å². The number of benzene rings is 1. The molecule has 0 heterocycles. The van der Waals surface area contributed by atoms with E-state index in [1.54, 1.807) is 0 Å². The van der Waals surface area contributed by atoms with Crippen LogP contribution in [0.2, 0.25) is 0 Å². The van der Waals surface area contributed by atoms with Gasteiger partial charge in [-0.05, 0) is 29.5 Å². The standard InChI is InChI=1S/C12H21N3/c1-9(2)11-5-4-10(3)12(6-11)7-14-8-15-13/h4-6,9,14-15H,7-8,13H2,1-3H3. The van der Waals surface area contributed by atoms with Crippen molar-refractivity contribution in [3.8, 4) is 0 Å². The summed E-state index contributed by atoms with van der Waals surface area (Å²) in [5.41, 5.74) is 6.64. The lowest BCUT2D eigenvalue weighted by Crippen LogP contribution is -2.33. The van der Waals surface area contributed by atoms with Gasteiger partial charge >= 0.3 is 0 Å². The highest BCUT2D eigenvalue weighted by Crippen LogP contribution is 2.18. The Kier molecular flexibility index (Phi) is 4.75. The molecule has 0 aromatic heterocycles. The molecule has 0 aliphatic carbocycles. The van der Waals surface area contributed by atoms with Gasteiger partial charge in [-0.15, -0.1) is 0 Å². The van der Waals surface area contributed by atoms with E-state index < -0.39 is 0 Å². The Morgan fingerprint density at radius 2 is 2.07 bits per heavy atom. The second kappa shape index (κ2) is 5.85. The quantitative estimate of drug-likeness (QED) is 0.298. The molecule has 1 aromatic rings. The molecule has 0 spiro atoms. The molecule has 1 rings (SSSR count). The lowest BCUT2D eigenvalue weighted by molar-refractivity contribution is 0.599. The van der Waals surface area contributed by atoms with E-state index in [-0.39, 0.29) is 0 Å². The molecule has 84 valence electrons. The van der Waals surface area contributed by atoms with E-state index in [4.69, 9.17) is 5.84 Å². The third-order valence-corrected chi connectivity index (χ3v) is 2.58. The van der Waals surface area contributed by atoms with Crippen molar-refractivity contribution < 1.29 is 0 Å². The fourth-order valence-electron chi connectivity index (χ4n) is 1.51. The van der Waals surface area contributed by atoms with Gasteiger partial charge in [0.15, 0.2) is 0 Å². The summed E-state index contributed by atoms with van der Waals surface area (Å²) in [7, 11) is 0. The van der Waals surface area contributed by atoms with E-state index in [0.717, 1.165) is 6.54 Å². The summed E-state index contributed by atoms with van der Waals surface area (Å²) in [6.45, 7) is 8.05. The first-order valence-corrected chi connectivity index (χ1v) is 5.38. The van der Waals surface area contributed by atoms with E-state index in [1.807, 2.05) is 0 Å². The fraction of sp³-hybridized carbons (Fsp3) is 0.500. The minimum atomic E-state index is 0.581. The molecular formula is C12H21N3. The van der Waals surface area contributed by atoms with Gasteiger partial charge in [-0.3, -0.25) is 11.2 Å². The number of aryl methyl sites for hydroxylation is 1. The maximum atomic E-state index is 5.20. The van der Waals surface area contributed by atoms with Crippen molar-refractivity contribution in [1.82, 2.24) is 10.7 Å². The van der Waals surface area contributed by atoms with Gasteiger partial charge in [0, 0.05) is 6.54 Å². The number of hydrogen-bond acceptors (Lipinski definition) is 3. The number of nitrogens with two attached hydrogens (primary N) is 1. The summed E-state index contributed by atoms with van der Waals surface area (Å²) < 4.78 is 0. The van der Waals surface area contributed by atoms with E-state index in [2.05, 4.69) is 49.7 Å². The topological polar surface area (TPSA) is 50.1 Å². The van der Waals surface area contributed by atoms with E-state index in [1.165, 1.54) is 16.7 Å². The Morgan fingerprint density at radius 1 is 1.33 bits per heavy atom. The Morgan fingerprint density at radius 3 is 2.67 bits per heavy atom. The van der Waals surface area contributed by atoms with Crippen LogP contribution in [0.3, 0.4) is 0 Å². The highest BCUT2D eigenvalue weighted by Gasteiger charge is 2.03. The smallest absolute Gasteiger partial charge is 0.0590 e. The predicted molar refractivity (Wildman–Crippen MR) is 64.3 cm³/mol. The van der Waals surface area contributed by atoms with E-state index >= 15 is 0 Å². The molecule has 0 saturated carbocycles. The van der Waals surface area contributed by atoms with E-state index in [9.17, 15) is 0 Å². The molecular weight excluding hydrogens is 186 g/mol. The van der Waals surface area contributed by atoms with Gasteiger partial charge in [0.2, 0.25) is 0 Å². The lowest BCUT2D eigenvalue weighted by atomic mass is 9.98. The Balaban J connectivity index is 2.72. The van der Waals surface area contributed by atoms with Crippen LogP contribution in [0.1, 0.15) is 36.5 Å². The average molecular weight is 207 g/mol. The van der Waals surface area contributed by atoms with Crippen LogP contribution < -0.4 is 16.6 Å². The Hall–Kier alpha value is -0.900. The summed E-state index contributed by atoms with van der Waals surface area (Å²) in [5.74, 6) is 5.78. The van der Waals surface area contributed by atoms with Crippen molar-refractivity contribution in [2.45, 2.75) is 33.2 Å². The normalized spacial score (nSPS) is 11.0. The summed E-state index contributed by atoms with van der Waals surface area (Å²) in [4.78, 5) is 0. The third kappa shape index (κ3) is 3.63. The van der Waals surface area contributed by atoms with Gasteiger partial charge in [0.05, 0.1) is 6.67 Å². The van der Waals surface area contributed by atoms with Crippen LogP contribution in [0.25, 0.3) is 0 Å². The molecule has 15 heavy (non-hydrogen) atoms. The first-order valence-electron chi connectivity index (χ1n) is 5.38. The number of hydrazine groups is 1. The highest BCUT2D eigenvalue weighted by atomic mass is 15.3.